The second-order valence-corrected chi connectivity index (χ2v) is 6.03. The Hall–Kier alpha value is -2.31. The summed E-state index contributed by atoms with van der Waals surface area (Å²) in [6.07, 6.45) is -0.334. The summed E-state index contributed by atoms with van der Waals surface area (Å²) in [6.45, 7) is 6.52. The highest BCUT2D eigenvalue weighted by atomic mass is 16.6. The Bertz CT molecular complexity index is 547. The maximum absolute atomic E-state index is 11.8. The minimum absolute atomic E-state index is 0.0447. The number of nitro benzene ring substituents is 1. The van der Waals surface area contributed by atoms with Gasteiger partial charge < -0.3 is 15.0 Å². The summed E-state index contributed by atoms with van der Waals surface area (Å²) in [6, 6.07) is 6.41. The molecule has 1 aliphatic heterocycles. The summed E-state index contributed by atoms with van der Waals surface area (Å²) in [7, 11) is 0. The quantitative estimate of drug-likeness (QED) is 0.684. The molecule has 0 aliphatic carbocycles. The molecule has 7 heteroatoms. The van der Waals surface area contributed by atoms with Gasteiger partial charge in [-0.25, -0.2) is 4.79 Å². The van der Waals surface area contributed by atoms with Crippen LogP contribution in [0.4, 0.5) is 16.2 Å². The van der Waals surface area contributed by atoms with Gasteiger partial charge in [0.2, 0.25) is 0 Å². The van der Waals surface area contributed by atoms with Crippen LogP contribution >= 0.6 is 0 Å². The molecule has 2 rings (SSSR count). The Labute approximate surface area is 123 Å². The molecule has 1 heterocycles. The molecule has 0 unspecified atom stereocenters. The van der Waals surface area contributed by atoms with Crippen LogP contribution in [-0.4, -0.2) is 40.6 Å². The Balaban J connectivity index is 1.84. The first-order valence-electron chi connectivity index (χ1n) is 6.73. The predicted molar refractivity (Wildman–Crippen MR) is 78.3 cm³/mol. The third-order valence-electron chi connectivity index (χ3n) is 2.96. The molecule has 1 saturated heterocycles. The van der Waals surface area contributed by atoms with E-state index in [0.29, 0.717) is 18.8 Å². The van der Waals surface area contributed by atoms with E-state index in [9.17, 15) is 14.9 Å². The van der Waals surface area contributed by atoms with Crippen LogP contribution in [0.3, 0.4) is 0 Å². The van der Waals surface area contributed by atoms with E-state index in [0.717, 1.165) is 0 Å². The zero-order valence-corrected chi connectivity index (χ0v) is 12.3. The highest BCUT2D eigenvalue weighted by Gasteiger charge is 2.33. The van der Waals surface area contributed by atoms with Gasteiger partial charge in [0.05, 0.1) is 11.0 Å². The van der Waals surface area contributed by atoms with Crippen molar-refractivity contribution in [3.63, 3.8) is 0 Å². The van der Waals surface area contributed by atoms with Crippen LogP contribution in [0.5, 0.6) is 0 Å². The highest BCUT2D eigenvalue weighted by molar-refractivity contribution is 5.69. The number of hydrogen-bond donors (Lipinski definition) is 1. The van der Waals surface area contributed by atoms with E-state index in [-0.39, 0.29) is 17.8 Å². The fourth-order valence-corrected chi connectivity index (χ4v) is 1.99. The van der Waals surface area contributed by atoms with Crippen molar-refractivity contribution in [2.24, 2.45) is 0 Å². The first kappa shape index (κ1) is 15.1. The van der Waals surface area contributed by atoms with Crippen LogP contribution in [0.2, 0.25) is 0 Å². The van der Waals surface area contributed by atoms with E-state index in [4.69, 9.17) is 4.74 Å². The smallest absolute Gasteiger partial charge is 0.410 e. The molecule has 1 N–H and O–H groups in total. The van der Waals surface area contributed by atoms with Crippen LogP contribution in [-0.2, 0) is 4.74 Å². The molecule has 7 nitrogen and oxygen atoms in total. The lowest BCUT2D eigenvalue weighted by Crippen LogP contribution is -2.57. The number of amides is 1. The first-order valence-corrected chi connectivity index (χ1v) is 6.73. The zero-order chi connectivity index (χ0) is 15.6. The fourth-order valence-electron chi connectivity index (χ4n) is 1.99. The van der Waals surface area contributed by atoms with Gasteiger partial charge in [-0.15, -0.1) is 0 Å². The average Bonchev–Trinajstić information content (AvgIpc) is 2.31. The number of benzene rings is 1. The van der Waals surface area contributed by atoms with E-state index >= 15 is 0 Å². The normalized spacial score (nSPS) is 15.3. The Morgan fingerprint density at radius 2 is 2.10 bits per heavy atom. The zero-order valence-electron chi connectivity index (χ0n) is 12.3. The molecular weight excluding hydrogens is 274 g/mol. The molecule has 1 aliphatic rings. The fraction of sp³-hybridized carbons (Fsp3) is 0.500. The number of nitro groups is 1. The molecule has 1 amide bonds. The maximum atomic E-state index is 11.8. The van der Waals surface area contributed by atoms with Gasteiger partial charge >= 0.3 is 6.09 Å². The topological polar surface area (TPSA) is 84.7 Å². The average molecular weight is 293 g/mol. The summed E-state index contributed by atoms with van der Waals surface area (Å²) < 4.78 is 5.26. The number of likely N-dealkylation sites (tertiary alicyclic amines) is 1. The SMILES string of the molecule is CC(C)(C)OC(=O)N1CC(Nc2cccc([N+](=O)[O-])c2)C1. The molecule has 0 aromatic heterocycles. The van der Waals surface area contributed by atoms with E-state index in [2.05, 4.69) is 5.32 Å². The van der Waals surface area contributed by atoms with Crippen molar-refractivity contribution in [2.45, 2.75) is 32.4 Å². The summed E-state index contributed by atoms with van der Waals surface area (Å²) in [5.74, 6) is 0. The number of anilines is 1. The van der Waals surface area contributed by atoms with Crippen molar-refractivity contribution in [1.29, 1.82) is 0 Å². The molecule has 0 atom stereocenters. The number of nitrogens with zero attached hydrogens (tertiary/aromatic N) is 2. The van der Waals surface area contributed by atoms with Crippen LogP contribution in [0.15, 0.2) is 24.3 Å². The van der Waals surface area contributed by atoms with Crippen LogP contribution < -0.4 is 5.32 Å². The minimum atomic E-state index is -0.504. The lowest BCUT2D eigenvalue weighted by molar-refractivity contribution is -0.384. The van der Waals surface area contributed by atoms with Gasteiger partial charge in [-0.05, 0) is 26.8 Å². The van der Waals surface area contributed by atoms with Crippen molar-refractivity contribution in [3.05, 3.63) is 34.4 Å². The van der Waals surface area contributed by atoms with Gasteiger partial charge in [0.15, 0.2) is 0 Å². The third kappa shape index (κ3) is 4.08. The van der Waals surface area contributed by atoms with Crippen LogP contribution in [0.25, 0.3) is 0 Å². The highest BCUT2D eigenvalue weighted by Crippen LogP contribution is 2.21. The van der Waals surface area contributed by atoms with Gasteiger partial charge in [-0.3, -0.25) is 10.1 Å². The van der Waals surface area contributed by atoms with Gasteiger partial charge in [0, 0.05) is 30.9 Å². The number of ether oxygens (including phenoxy) is 1. The van der Waals surface area contributed by atoms with Crippen molar-refractivity contribution in [3.8, 4) is 0 Å². The number of nitrogens with one attached hydrogen (secondary N) is 1. The first-order chi connectivity index (χ1) is 9.74. The predicted octanol–water partition coefficient (Wildman–Crippen LogP) is 2.63. The molecule has 0 spiro atoms. The lowest BCUT2D eigenvalue weighted by Gasteiger charge is -2.40. The second kappa shape index (κ2) is 5.59. The van der Waals surface area contributed by atoms with E-state index in [1.54, 1.807) is 17.0 Å². The molecule has 1 fully saturated rings. The summed E-state index contributed by atoms with van der Waals surface area (Å²) in [4.78, 5) is 23.6. The Morgan fingerprint density at radius 1 is 1.43 bits per heavy atom. The number of non-ortho nitro benzene ring substituents is 1. The molecule has 1 aromatic rings. The van der Waals surface area contributed by atoms with Gasteiger partial charge in [-0.2, -0.15) is 0 Å². The summed E-state index contributed by atoms with van der Waals surface area (Å²) >= 11 is 0. The van der Waals surface area contributed by atoms with Crippen molar-refractivity contribution in [2.75, 3.05) is 18.4 Å². The van der Waals surface area contributed by atoms with Crippen molar-refractivity contribution >= 4 is 17.5 Å². The molecule has 0 radical (unpaired) electrons. The number of carbonyl (C=O) groups is 1. The third-order valence-corrected chi connectivity index (χ3v) is 2.96. The van der Waals surface area contributed by atoms with Crippen molar-refractivity contribution in [1.82, 2.24) is 4.90 Å². The number of rotatable bonds is 3. The van der Waals surface area contributed by atoms with Gasteiger partial charge in [0.1, 0.15) is 5.60 Å². The molecule has 114 valence electrons. The lowest BCUT2D eigenvalue weighted by atomic mass is 10.1. The van der Waals surface area contributed by atoms with Crippen molar-refractivity contribution < 1.29 is 14.5 Å². The second-order valence-electron chi connectivity index (χ2n) is 6.03. The standard InChI is InChI=1S/C14H19N3O4/c1-14(2,3)21-13(18)16-8-11(9-16)15-10-5-4-6-12(7-10)17(19)20/h4-7,11,15H,8-9H2,1-3H3. The largest absolute Gasteiger partial charge is 0.444 e. The number of carbonyl (C=O) groups excluding carboxylic acids is 1. The molecular formula is C14H19N3O4. The Kier molecular flexibility index (Phi) is 4.02. The van der Waals surface area contributed by atoms with Gasteiger partial charge in [0.25, 0.3) is 5.69 Å². The molecule has 1 aromatic carbocycles. The molecule has 21 heavy (non-hydrogen) atoms. The monoisotopic (exact) mass is 293 g/mol. The van der Waals surface area contributed by atoms with E-state index in [1.807, 2.05) is 20.8 Å². The summed E-state index contributed by atoms with van der Waals surface area (Å²) in [5.41, 5.74) is 0.219. The maximum Gasteiger partial charge on any atom is 0.410 e. The van der Waals surface area contributed by atoms with E-state index < -0.39 is 10.5 Å². The van der Waals surface area contributed by atoms with Crippen LogP contribution in [0, 0.1) is 10.1 Å². The Morgan fingerprint density at radius 3 is 2.67 bits per heavy atom. The molecule has 0 bridgehead atoms. The number of hydrogen-bond acceptors (Lipinski definition) is 5. The van der Waals surface area contributed by atoms with Crippen LogP contribution in [0.1, 0.15) is 20.8 Å². The molecule has 0 saturated carbocycles. The van der Waals surface area contributed by atoms with E-state index in [1.165, 1.54) is 12.1 Å². The summed E-state index contributed by atoms with van der Waals surface area (Å²) in [5, 5.41) is 13.9. The minimum Gasteiger partial charge on any atom is -0.444 e. The van der Waals surface area contributed by atoms with Gasteiger partial charge in [-0.1, -0.05) is 6.07 Å².